The van der Waals surface area contributed by atoms with Crippen LogP contribution in [0.4, 0.5) is 11.4 Å². The fourth-order valence-electron chi connectivity index (χ4n) is 4.94. The number of nitrogens with zero attached hydrogens (tertiary/aromatic N) is 2. The number of rotatable bonds is 3. The molecule has 31 heavy (non-hydrogen) atoms. The minimum atomic E-state index is -0.459. The average molecular weight is 427 g/mol. The fourth-order valence-corrected chi connectivity index (χ4v) is 5.82. The zero-order valence-corrected chi connectivity index (χ0v) is 18.3. The van der Waals surface area contributed by atoms with Gasteiger partial charge in [-0.2, -0.15) is 0 Å². The van der Waals surface area contributed by atoms with Gasteiger partial charge in [0.2, 0.25) is 5.88 Å². The number of fused-ring (bicyclic) bond motifs is 6. The lowest BCUT2D eigenvalue weighted by molar-refractivity contribution is 0.311. The van der Waals surface area contributed by atoms with Crippen LogP contribution >= 0.6 is 11.3 Å². The van der Waals surface area contributed by atoms with Crippen LogP contribution in [0.15, 0.2) is 72.8 Å². The minimum absolute atomic E-state index is 0.459. The van der Waals surface area contributed by atoms with Gasteiger partial charge in [-0.3, -0.25) is 0 Å². The summed E-state index contributed by atoms with van der Waals surface area (Å²) in [6.45, 7) is 3.53. The van der Waals surface area contributed by atoms with E-state index < -0.39 is 5.41 Å². The molecule has 4 nitrogen and oxygen atoms in total. The number of hydrogen-bond donors (Lipinski definition) is 0. The van der Waals surface area contributed by atoms with Crippen molar-refractivity contribution < 1.29 is 9.47 Å². The Morgan fingerprint density at radius 3 is 2.32 bits per heavy atom. The minimum Gasteiger partial charge on any atom is -0.490 e. The third kappa shape index (κ3) is 2.63. The van der Waals surface area contributed by atoms with Crippen molar-refractivity contribution >= 4 is 22.7 Å². The summed E-state index contributed by atoms with van der Waals surface area (Å²) >= 11 is 1.85. The first-order valence-corrected chi connectivity index (χ1v) is 11.2. The van der Waals surface area contributed by atoms with Crippen molar-refractivity contribution in [2.45, 2.75) is 18.9 Å². The van der Waals surface area contributed by atoms with Crippen LogP contribution in [0.25, 0.3) is 0 Å². The van der Waals surface area contributed by atoms with Crippen LogP contribution in [0.3, 0.4) is 0 Å². The topological polar surface area (TPSA) is 34.6 Å². The van der Waals surface area contributed by atoms with Crippen molar-refractivity contribution in [1.82, 2.24) is 4.98 Å². The number of para-hydroxylation sites is 2. The highest BCUT2D eigenvalue weighted by atomic mass is 32.1. The number of aromatic nitrogens is 1. The van der Waals surface area contributed by atoms with E-state index in [0.717, 1.165) is 18.0 Å². The molecule has 4 heterocycles. The standard InChI is InChI=1S/C26H22N2O2S/c1-17-11-12-18(31-17)15-28-21-9-5-3-7-19(21)26(20-8-4-6-10-22(20)28)16-30-23-13-14-24(29-2)27-25(23)26/h3-14H,15-16H2,1-2H3. The molecular weight excluding hydrogens is 404 g/mol. The van der Waals surface area contributed by atoms with E-state index in [1.165, 1.54) is 32.3 Å². The number of ether oxygens (including phenoxy) is 2. The van der Waals surface area contributed by atoms with Crippen LogP contribution in [-0.4, -0.2) is 18.7 Å². The molecule has 6 rings (SSSR count). The lowest BCUT2D eigenvalue weighted by atomic mass is 9.69. The molecular formula is C26H22N2O2S. The largest absolute Gasteiger partial charge is 0.490 e. The van der Waals surface area contributed by atoms with Gasteiger partial charge < -0.3 is 14.4 Å². The lowest BCUT2D eigenvalue weighted by Gasteiger charge is -2.42. The Balaban J connectivity index is 1.61. The van der Waals surface area contributed by atoms with Crippen molar-refractivity contribution in [3.05, 3.63) is 99.4 Å². The summed E-state index contributed by atoms with van der Waals surface area (Å²) in [5, 5.41) is 0. The van der Waals surface area contributed by atoms with Gasteiger partial charge in [-0.1, -0.05) is 36.4 Å². The quantitative estimate of drug-likeness (QED) is 0.412. The molecule has 0 unspecified atom stereocenters. The van der Waals surface area contributed by atoms with E-state index in [4.69, 9.17) is 14.5 Å². The SMILES string of the molecule is COc1ccc2c(n1)C1(CO2)c2ccccc2N(Cc2ccc(C)s2)c2ccccc21. The molecule has 2 aliphatic heterocycles. The normalized spacial score (nSPS) is 15.2. The highest BCUT2D eigenvalue weighted by molar-refractivity contribution is 7.11. The number of methoxy groups -OCH3 is 1. The monoisotopic (exact) mass is 426 g/mol. The van der Waals surface area contributed by atoms with Gasteiger partial charge in [0, 0.05) is 27.2 Å². The van der Waals surface area contributed by atoms with Gasteiger partial charge in [-0.05, 0) is 48.4 Å². The third-order valence-electron chi connectivity index (χ3n) is 6.31. The maximum absolute atomic E-state index is 6.23. The van der Waals surface area contributed by atoms with Crippen molar-refractivity contribution in [3.8, 4) is 11.6 Å². The maximum Gasteiger partial charge on any atom is 0.213 e. The summed E-state index contributed by atoms with van der Waals surface area (Å²) in [5.74, 6) is 1.43. The summed E-state index contributed by atoms with van der Waals surface area (Å²) in [6.07, 6.45) is 0. The number of thiophene rings is 1. The molecule has 4 aromatic rings. The van der Waals surface area contributed by atoms with Gasteiger partial charge in [-0.25, -0.2) is 4.98 Å². The highest BCUT2D eigenvalue weighted by Gasteiger charge is 2.51. The van der Waals surface area contributed by atoms with E-state index in [-0.39, 0.29) is 0 Å². The Morgan fingerprint density at radius 1 is 0.968 bits per heavy atom. The van der Waals surface area contributed by atoms with Crippen LogP contribution in [0, 0.1) is 6.92 Å². The van der Waals surface area contributed by atoms with Gasteiger partial charge in [0.25, 0.3) is 0 Å². The fraction of sp³-hybridized carbons (Fsp3) is 0.192. The molecule has 2 aromatic carbocycles. The van der Waals surface area contributed by atoms with Crippen molar-refractivity contribution in [2.24, 2.45) is 0 Å². The Labute approximate surface area is 185 Å². The second kappa shape index (κ2) is 6.86. The third-order valence-corrected chi connectivity index (χ3v) is 7.29. The van der Waals surface area contributed by atoms with E-state index >= 15 is 0 Å². The molecule has 0 fully saturated rings. The molecule has 0 saturated heterocycles. The number of aryl methyl sites for hydroxylation is 1. The van der Waals surface area contributed by atoms with Crippen LogP contribution in [-0.2, 0) is 12.0 Å². The number of pyridine rings is 1. The summed E-state index contributed by atoms with van der Waals surface area (Å²) in [4.78, 5) is 10.0. The van der Waals surface area contributed by atoms with Crippen molar-refractivity contribution in [3.63, 3.8) is 0 Å². The van der Waals surface area contributed by atoms with E-state index in [1.807, 2.05) is 23.5 Å². The zero-order chi connectivity index (χ0) is 21.0. The second-order valence-electron chi connectivity index (χ2n) is 8.03. The van der Waals surface area contributed by atoms with Gasteiger partial charge >= 0.3 is 0 Å². The first-order valence-electron chi connectivity index (χ1n) is 10.4. The van der Waals surface area contributed by atoms with E-state index in [0.29, 0.717) is 12.5 Å². The summed E-state index contributed by atoms with van der Waals surface area (Å²) in [6, 6.07) is 25.6. The maximum atomic E-state index is 6.23. The molecule has 154 valence electrons. The summed E-state index contributed by atoms with van der Waals surface area (Å²) in [5.41, 5.74) is 5.32. The predicted molar refractivity (Wildman–Crippen MR) is 124 cm³/mol. The molecule has 2 aromatic heterocycles. The van der Waals surface area contributed by atoms with Gasteiger partial charge in [0.1, 0.15) is 23.5 Å². The molecule has 2 aliphatic rings. The number of anilines is 2. The molecule has 0 atom stereocenters. The molecule has 1 spiro atoms. The van der Waals surface area contributed by atoms with E-state index in [9.17, 15) is 0 Å². The van der Waals surface area contributed by atoms with Crippen molar-refractivity contribution in [1.29, 1.82) is 0 Å². The summed E-state index contributed by atoms with van der Waals surface area (Å²) < 4.78 is 11.7. The smallest absolute Gasteiger partial charge is 0.213 e. The predicted octanol–water partition coefficient (Wildman–Crippen LogP) is 5.84. The second-order valence-corrected chi connectivity index (χ2v) is 9.40. The molecule has 5 heteroatoms. The number of benzene rings is 2. The highest BCUT2D eigenvalue weighted by Crippen LogP contribution is 2.56. The molecule has 0 aliphatic carbocycles. The Morgan fingerprint density at radius 2 is 1.68 bits per heavy atom. The van der Waals surface area contributed by atoms with Gasteiger partial charge in [0.15, 0.2) is 0 Å². The van der Waals surface area contributed by atoms with Gasteiger partial charge in [-0.15, -0.1) is 11.3 Å². The van der Waals surface area contributed by atoms with Crippen LogP contribution in [0.1, 0.15) is 26.6 Å². The van der Waals surface area contributed by atoms with E-state index in [2.05, 4.69) is 72.5 Å². The van der Waals surface area contributed by atoms with Crippen LogP contribution in [0.2, 0.25) is 0 Å². The molecule has 0 bridgehead atoms. The first-order chi connectivity index (χ1) is 15.2. The molecule has 0 saturated carbocycles. The summed E-state index contributed by atoms with van der Waals surface area (Å²) in [7, 11) is 1.66. The number of hydrogen-bond acceptors (Lipinski definition) is 5. The Bertz CT molecular complexity index is 1250. The lowest BCUT2D eigenvalue weighted by Crippen LogP contribution is -2.39. The Hall–Kier alpha value is -3.31. The molecule has 0 amide bonds. The van der Waals surface area contributed by atoms with E-state index in [1.54, 1.807) is 7.11 Å². The first kappa shape index (κ1) is 18.5. The van der Waals surface area contributed by atoms with Crippen LogP contribution in [0.5, 0.6) is 11.6 Å². The van der Waals surface area contributed by atoms with Gasteiger partial charge in [0.05, 0.1) is 13.7 Å². The average Bonchev–Trinajstić information content (AvgIpc) is 3.40. The van der Waals surface area contributed by atoms with Crippen molar-refractivity contribution in [2.75, 3.05) is 18.6 Å². The molecule has 0 N–H and O–H groups in total. The zero-order valence-electron chi connectivity index (χ0n) is 17.5. The van der Waals surface area contributed by atoms with Crippen LogP contribution < -0.4 is 14.4 Å². The molecule has 0 radical (unpaired) electrons. The Kier molecular flexibility index (Phi) is 4.08.